The minimum atomic E-state index is -1.40. The zero-order valence-electron chi connectivity index (χ0n) is 22.2. The summed E-state index contributed by atoms with van der Waals surface area (Å²) in [4.78, 5) is 26.0. The number of para-hydroxylation sites is 1. The highest BCUT2D eigenvalue weighted by molar-refractivity contribution is 8.14. The first kappa shape index (κ1) is 29.4. The molecule has 3 aromatic rings. The van der Waals surface area contributed by atoms with Crippen molar-refractivity contribution in [1.82, 2.24) is 10.3 Å². The van der Waals surface area contributed by atoms with Crippen molar-refractivity contribution in [2.45, 2.75) is 24.3 Å². The van der Waals surface area contributed by atoms with Crippen LogP contribution in [0.2, 0.25) is 0 Å². The average Bonchev–Trinajstić information content (AvgIpc) is 3.41. The van der Waals surface area contributed by atoms with Crippen LogP contribution in [0.15, 0.2) is 59.7 Å². The van der Waals surface area contributed by atoms with Gasteiger partial charge in [-0.2, -0.15) is 5.10 Å². The van der Waals surface area contributed by atoms with Gasteiger partial charge in [-0.25, -0.2) is 22.6 Å². The normalized spacial score (nSPS) is 17.1. The summed E-state index contributed by atoms with van der Waals surface area (Å²) < 4.78 is 73.1. The standard InChI is InChI=1S/C29H25F4N3O5S/c1-39-26-20(3-2-4-23(26)41-15-24(37)34-19-9-11-40-12-10-19)29-36(28(38)25-21(32)13-18(31)14-22(25)33)35-27(42-29)16-5-7-17(30)8-6-16/h2-8,13-14,19,29H,9-12,15H2,1H3,(H,34,37). The number of carbonyl (C=O) groups is 2. The monoisotopic (exact) mass is 603 g/mol. The molecule has 0 aromatic heterocycles. The van der Waals surface area contributed by atoms with E-state index in [1.165, 1.54) is 31.4 Å². The Morgan fingerprint density at radius 1 is 1.02 bits per heavy atom. The molecule has 5 rings (SSSR count). The highest BCUT2D eigenvalue weighted by Crippen LogP contribution is 2.47. The van der Waals surface area contributed by atoms with E-state index in [2.05, 4.69) is 10.4 Å². The Morgan fingerprint density at radius 3 is 2.38 bits per heavy atom. The number of thioether (sulfide) groups is 1. The van der Waals surface area contributed by atoms with Gasteiger partial charge in [-0.15, -0.1) is 0 Å². The van der Waals surface area contributed by atoms with Gasteiger partial charge in [-0.05, 0) is 43.2 Å². The summed E-state index contributed by atoms with van der Waals surface area (Å²) in [5.74, 6) is -5.65. The fourth-order valence-electron chi connectivity index (χ4n) is 4.57. The van der Waals surface area contributed by atoms with E-state index in [0.717, 1.165) is 16.8 Å². The van der Waals surface area contributed by atoms with Gasteiger partial charge in [0.05, 0.1) is 7.11 Å². The molecule has 1 fully saturated rings. The van der Waals surface area contributed by atoms with E-state index in [1.54, 1.807) is 18.2 Å². The molecule has 220 valence electrons. The Labute approximate surface area is 242 Å². The van der Waals surface area contributed by atoms with Gasteiger partial charge in [0.2, 0.25) is 0 Å². The van der Waals surface area contributed by atoms with Crippen molar-refractivity contribution in [1.29, 1.82) is 0 Å². The molecule has 0 saturated carbocycles. The molecule has 1 saturated heterocycles. The number of hydrogen-bond acceptors (Lipinski definition) is 7. The third kappa shape index (κ3) is 6.36. The summed E-state index contributed by atoms with van der Waals surface area (Å²) >= 11 is 1.04. The topological polar surface area (TPSA) is 89.5 Å². The number of nitrogens with one attached hydrogen (secondary N) is 1. The molecule has 1 unspecified atom stereocenters. The quantitative estimate of drug-likeness (QED) is 0.358. The number of benzene rings is 3. The molecular formula is C29H25F4N3O5S. The SMILES string of the molecule is COc1c(OCC(=O)NC2CCOCC2)cccc1C1SC(c2ccc(F)cc2)=NN1C(=O)c1c(F)cc(F)cc1F. The Balaban J connectivity index is 1.46. The van der Waals surface area contributed by atoms with Crippen molar-refractivity contribution in [3.05, 3.63) is 94.6 Å². The maximum Gasteiger partial charge on any atom is 0.281 e. The van der Waals surface area contributed by atoms with Gasteiger partial charge in [0.1, 0.15) is 39.2 Å². The number of carbonyl (C=O) groups excluding carboxylic acids is 2. The van der Waals surface area contributed by atoms with Crippen LogP contribution in [0.1, 0.15) is 39.7 Å². The number of methoxy groups -OCH3 is 1. The van der Waals surface area contributed by atoms with E-state index in [4.69, 9.17) is 14.2 Å². The lowest BCUT2D eigenvalue weighted by atomic mass is 10.1. The van der Waals surface area contributed by atoms with Crippen LogP contribution in [-0.4, -0.2) is 54.8 Å². The lowest BCUT2D eigenvalue weighted by Gasteiger charge is -2.25. The van der Waals surface area contributed by atoms with Gasteiger partial charge in [-0.3, -0.25) is 9.59 Å². The summed E-state index contributed by atoms with van der Waals surface area (Å²) in [5, 5.41) is 7.28. The Morgan fingerprint density at radius 2 is 1.71 bits per heavy atom. The lowest BCUT2D eigenvalue weighted by Crippen LogP contribution is -2.41. The first-order valence-corrected chi connectivity index (χ1v) is 13.8. The molecule has 1 atom stereocenters. The van der Waals surface area contributed by atoms with E-state index in [9.17, 15) is 27.2 Å². The van der Waals surface area contributed by atoms with Gasteiger partial charge in [0.25, 0.3) is 11.8 Å². The summed E-state index contributed by atoms with van der Waals surface area (Å²) in [7, 11) is 1.36. The molecule has 0 spiro atoms. The summed E-state index contributed by atoms with van der Waals surface area (Å²) in [6.07, 6.45) is 1.39. The molecule has 1 N–H and O–H groups in total. The predicted molar refractivity (Wildman–Crippen MR) is 146 cm³/mol. The molecule has 2 amide bonds. The van der Waals surface area contributed by atoms with Crippen molar-refractivity contribution >= 4 is 28.6 Å². The second-order valence-electron chi connectivity index (χ2n) is 9.40. The van der Waals surface area contributed by atoms with E-state index in [0.29, 0.717) is 49.3 Å². The van der Waals surface area contributed by atoms with Gasteiger partial charge in [0, 0.05) is 42.5 Å². The van der Waals surface area contributed by atoms with Crippen LogP contribution in [0.25, 0.3) is 0 Å². The largest absolute Gasteiger partial charge is 0.492 e. The second kappa shape index (κ2) is 12.8. The molecule has 8 nitrogen and oxygen atoms in total. The van der Waals surface area contributed by atoms with Crippen LogP contribution in [0.3, 0.4) is 0 Å². The molecule has 2 aliphatic heterocycles. The van der Waals surface area contributed by atoms with Crippen LogP contribution < -0.4 is 14.8 Å². The third-order valence-electron chi connectivity index (χ3n) is 6.59. The average molecular weight is 604 g/mol. The van der Waals surface area contributed by atoms with Crippen molar-refractivity contribution in [3.63, 3.8) is 0 Å². The molecule has 0 bridgehead atoms. The number of hydrazone groups is 1. The Hall–Kier alpha value is -4.10. The number of halogens is 4. The van der Waals surface area contributed by atoms with Crippen molar-refractivity contribution in [2.24, 2.45) is 5.10 Å². The Bertz CT molecular complexity index is 1490. The fraction of sp³-hybridized carbons (Fsp3) is 0.276. The smallest absolute Gasteiger partial charge is 0.281 e. The van der Waals surface area contributed by atoms with Gasteiger partial charge in [-0.1, -0.05) is 23.9 Å². The predicted octanol–water partition coefficient (Wildman–Crippen LogP) is 5.18. The number of rotatable bonds is 8. The third-order valence-corrected chi connectivity index (χ3v) is 7.81. The molecular weight excluding hydrogens is 578 g/mol. The number of amides is 2. The molecule has 0 aliphatic carbocycles. The first-order valence-electron chi connectivity index (χ1n) is 12.9. The van der Waals surface area contributed by atoms with Crippen LogP contribution in [0.5, 0.6) is 11.5 Å². The summed E-state index contributed by atoms with van der Waals surface area (Å²) in [5.41, 5.74) is -0.220. The van der Waals surface area contributed by atoms with E-state index >= 15 is 0 Å². The maximum atomic E-state index is 14.6. The minimum absolute atomic E-state index is 0.0215. The number of hydrogen-bond donors (Lipinski definition) is 1. The highest BCUT2D eigenvalue weighted by atomic mass is 32.2. The fourth-order valence-corrected chi connectivity index (χ4v) is 5.74. The van der Waals surface area contributed by atoms with Gasteiger partial charge >= 0.3 is 0 Å². The first-order chi connectivity index (χ1) is 20.2. The van der Waals surface area contributed by atoms with Crippen LogP contribution in [0, 0.1) is 23.3 Å². The van der Waals surface area contributed by atoms with Crippen LogP contribution >= 0.6 is 11.8 Å². The van der Waals surface area contributed by atoms with Crippen molar-refractivity contribution < 1.29 is 41.4 Å². The van der Waals surface area contributed by atoms with Crippen LogP contribution in [-0.2, 0) is 9.53 Å². The molecule has 42 heavy (non-hydrogen) atoms. The van der Waals surface area contributed by atoms with Crippen LogP contribution in [0.4, 0.5) is 17.6 Å². The molecule has 13 heteroatoms. The number of nitrogens with zero attached hydrogens (tertiary/aromatic N) is 2. The van der Waals surface area contributed by atoms with Crippen molar-refractivity contribution in [2.75, 3.05) is 26.9 Å². The summed E-state index contributed by atoms with van der Waals surface area (Å²) in [6.45, 7) is 0.800. The lowest BCUT2D eigenvalue weighted by molar-refractivity contribution is -0.124. The summed E-state index contributed by atoms with van der Waals surface area (Å²) in [6, 6.07) is 10.9. The number of ether oxygens (including phenoxy) is 3. The molecule has 2 aliphatic rings. The van der Waals surface area contributed by atoms with E-state index < -0.39 is 40.1 Å². The highest BCUT2D eigenvalue weighted by Gasteiger charge is 2.39. The van der Waals surface area contributed by atoms with E-state index in [1.807, 2.05) is 0 Å². The molecule has 0 radical (unpaired) electrons. The Kier molecular flexibility index (Phi) is 8.97. The molecule has 3 aromatic carbocycles. The van der Waals surface area contributed by atoms with Gasteiger partial charge in [0.15, 0.2) is 18.1 Å². The van der Waals surface area contributed by atoms with Gasteiger partial charge < -0.3 is 19.5 Å². The maximum absolute atomic E-state index is 14.6. The second-order valence-corrected chi connectivity index (χ2v) is 10.5. The van der Waals surface area contributed by atoms with E-state index in [-0.39, 0.29) is 35.1 Å². The zero-order chi connectivity index (χ0) is 29.8. The van der Waals surface area contributed by atoms with Crippen molar-refractivity contribution in [3.8, 4) is 11.5 Å². The minimum Gasteiger partial charge on any atom is -0.492 e. The zero-order valence-corrected chi connectivity index (χ0v) is 23.1. The molecule has 2 heterocycles.